The molecule has 6 nitrogen and oxygen atoms in total. The predicted molar refractivity (Wildman–Crippen MR) is 104 cm³/mol. The van der Waals surface area contributed by atoms with E-state index in [4.69, 9.17) is 9.47 Å². The summed E-state index contributed by atoms with van der Waals surface area (Å²) in [4.78, 5) is 27.3. The molecule has 1 N–H and O–H groups in total. The van der Waals surface area contributed by atoms with Gasteiger partial charge in [0, 0.05) is 12.2 Å². The van der Waals surface area contributed by atoms with Crippen LogP contribution in [0, 0.1) is 0 Å². The van der Waals surface area contributed by atoms with Crippen LogP contribution in [-0.4, -0.2) is 30.3 Å². The van der Waals surface area contributed by atoms with Crippen molar-refractivity contribution < 1.29 is 24.2 Å². The highest BCUT2D eigenvalue weighted by atomic mass is 16.7. The average Bonchev–Trinajstić information content (AvgIpc) is 3.24. The minimum Gasteiger partial charge on any atom is -0.481 e. The minimum atomic E-state index is -1.27. The summed E-state index contributed by atoms with van der Waals surface area (Å²) < 4.78 is 10.9. The Morgan fingerprint density at radius 1 is 1.14 bits per heavy atom. The Labute approximate surface area is 163 Å². The SMILES string of the molecule is CCCCCN1C(=O)C(CC(=O)O)(c2ccc3c(c2)OCO3)c2ccccc21. The summed E-state index contributed by atoms with van der Waals surface area (Å²) in [6, 6.07) is 12.8. The Morgan fingerprint density at radius 2 is 1.93 bits per heavy atom. The van der Waals surface area contributed by atoms with Gasteiger partial charge in [-0.15, -0.1) is 0 Å². The van der Waals surface area contributed by atoms with Gasteiger partial charge in [-0.1, -0.05) is 44.0 Å². The van der Waals surface area contributed by atoms with Gasteiger partial charge in [0.1, 0.15) is 5.41 Å². The zero-order valence-corrected chi connectivity index (χ0v) is 15.8. The number of carbonyl (C=O) groups excluding carboxylic acids is 1. The molecule has 2 aromatic rings. The van der Waals surface area contributed by atoms with Crippen molar-refractivity contribution >= 4 is 17.6 Å². The number of carbonyl (C=O) groups is 2. The molecule has 2 aliphatic rings. The Hall–Kier alpha value is -3.02. The monoisotopic (exact) mass is 381 g/mol. The van der Waals surface area contributed by atoms with Gasteiger partial charge in [0.25, 0.3) is 0 Å². The van der Waals surface area contributed by atoms with E-state index in [-0.39, 0.29) is 19.1 Å². The Morgan fingerprint density at radius 3 is 2.71 bits per heavy atom. The summed E-state index contributed by atoms with van der Waals surface area (Å²) in [5, 5.41) is 9.71. The van der Waals surface area contributed by atoms with E-state index in [9.17, 15) is 14.7 Å². The number of hydrogen-bond acceptors (Lipinski definition) is 4. The van der Waals surface area contributed by atoms with Crippen LogP contribution in [0.25, 0.3) is 0 Å². The highest BCUT2D eigenvalue weighted by molar-refractivity contribution is 6.12. The number of para-hydroxylation sites is 1. The van der Waals surface area contributed by atoms with E-state index in [1.165, 1.54) is 0 Å². The maximum atomic E-state index is 13.7. The number of unbranched alkanes of at least 4 members (excludes halogenated alkanes) is 2. The molecule has 28 heavy (non-hydrogen) atoms. The fourth-order valence-electron chi connectivity index (χ4n) is 4.21. The number of carboxylic acid groups (broad SMARTS) is 1. The van der Waals surface area contributed by atoms with Gasteiger partial charge in [-0.25, -0.2) is 0 Å². The van der Waals surface area contributed by atoms with Crippen LogP contribution in [0.4, 0.5) is 5.69 Å². The molecule has 2 aromatic carbocycles. The first kappa shape index (κ1) is 18.3. The van der Waals surface area contributed by atoms with Crippen molar-refractivity contribution in [2.24, 2.45) is 0 Å². The maximum absolute atomic E-state index is 13.7. The van der Waals surface area contributed by atoms with Crippen LogP contribution < -0.4 is 14.4 Å². The molecule has 4 rings (SSSR count). The number of rotatable bonds is 7. The van der Waals surface area contributed by atoms with E-state index in [1.54, 1.807) is 23.1 Å². The second-order valence-corrected chi connectivity index (χ2v) is 7.22. The molecule has 2 aliphatic heterocycles. The van der Waals surface area contributed by atoms with Crippen LogP contribution in [0.5, 0.6) is 11.5 Å². The van der Waals surface area contributed by atoms with Crippen molar-refractivity contribution in [3.05, 3.63) is 53.6 Å². The fourth-order valence-corrected chi connectivity index (χ4v) is 4.21. The van der Waals surface area contributed by atoms with E-state index in [0.29, 0.717) is 23.6 Å². The molecule has 1 unspecified atom stereocenters. The van der Waals surface area contributed by atoms with E-state index in [1.807, 2.05) is 24.3 Å². The smallest absolute Gasteiger partial charge is 0.305 e. The fraction of sp³-hybridized carbons (Fsp3) is 0.364. The summed E-state index contributed by atoms with van der Waals surface area (Å²) in [6.45, 7) is 2.81. The van der Waals surface area contributed by atoms with Crippen molar-refractivity contribution in [1.29, 1.82) is 0 Å². The largest absolute Gasteiger partial charge is 0.481 e. The van der Waals surface area contributed by atoms with E-state index in [0.717, 1.165) is 30.5 Å². The molecule has 0 saturated carbocycles. The van der Waals surface area contributed by atoms with Gasteiger partial charge in [0.2, 0.25) is 12.7 Å². The topological polar surface area (TPSA) is 76.1 Å². The average molecular weight is 381 g/mol. The van der Waals surface area contributed by atoms with Gasteiger partial charge < -0.3 is 19.5 Å². The molecule has 0 radical (unpaired) electrons. The third kappa shape index (κ3) is 2.80. The lowest BCUT2D eigenvalue weighted by atomic mass is 9.72. The second-order valence-electron chi connectivity index (χ2n) is 7.22. The summed E-state index contributed by atoms with van der Waals surface area (Å²) in [5.74, 6) is -0.0629. The van der Waals surface area contributed by atoms with Crippen LogP contribution in [0.2, 0.25) is 0 Å². The summed E-state index contributed by atoms with van der Waals surface area (Å²) >= 11 is 0. The quantitative estimate of drug-likeness (QED) is 0.740. The molecule has 1 atom stereocenters. The van der Waals surface area contributed by atoms with Gasteiger partial charge in [0.05, 0.1) is 6.42 Å². The van der Waals surface area contributed by atoms with Crippen LogP contribution >= 0.6 is 0 Å². The third-order valence-corrected chi connectivity index (χ3v) is 5.53. The summed E-state index contributed by atoms with van der Waals surface area (Å²) in [6.07, 6.45) is 2.63. The number of nitrogens with zero attached hydrogens (tertiary/aromatic N) is 1. The highest BCUT2D eigenvalue weighted by Crippen LogP contribution is 2.50. The standard InChI is InChI=1S/C22H23NO5/c1-2-3-6-11-23-17-8-5-4-7-16(17)22(21(23)26,13-20(24)25)15-9-10-18-19(12-15)28-14-27-18/h4-5,7-10,12H,2-3,6,11,13-14H2,1H3,(H,24,25). The molecular formula is C22H23NO5. The Balaban J connectivity index is 1.86. The zero-order valence-electron chi connectivity index (χ0n) is 15.8. The molecule has 0 bridgehead atoms. The molecular weight excluding hydrogens is 358 g/mol. The molecule has 1 amide bonds. The first-order chi connectivity index (χ1) is 13.6. The van der Waals surface area contributed by atoms with Gasteiger partial charge in [-0.3, -0.25) is 9.59 Å². The number of anilines is 1. The van der Waals surface area contributed by atoms with Crippen LogP contribution in [0.15, 0.2) is 42.5 Å². The number of amides is 1. The van der Waals surface area contributed by atoms with Crippen molar-refractivity contribution in [3.63, 3.8) is 0 Å². The molecule has 0 fully saturated rings. The molecule has 6 heteroatoms. The Kier molecular flexibility index (Phi) is 4.71. The van der Waals surface area contributed by atoms with Gasteiger partial charge >= 0.3 is 5.97 Å². The van der Waals surface area contributed by atoms with Crippen molar-refractivity contribution in [2.45, 2.75) is 38.0 Å². The minimum absolute atomic E-state index is 0.123. The lowest BCUT2D eigenvalue weighted by Crippen LogP contribution is -2.43. The van der Waals surface area contributed by atoms with Crippen LogP contribution in [0.3, 0.4) is 0 Å². The number of fused-ring (bicyclic) bond motifs is 2. The molecule has 0 spiro atoms. The number of carboxylic acids is 1. The van der Waals surface area contributed by atoms with E-state index >= 15 is 0 Å². The van der Waals surface area contributed by atoms with Gasteiger partial charge in [-0.05, 0) is 35.7 Å². The first-order valence-electron chi connectivity index (χ1n) is 9.61. The molecule has 0 saturated heterocycles. The number of hydrogen-bond donors (Lipinski definition) is 1. The Bertz CT molecular complexity index is 925. The summed E-state index contributed by atoms with van der Waals surface area (Å²) in [7, 11) is 0. The molecule has 2 heterocycles. The maximum Gasteiger partial charge on any atom is 0.305 e. The molecule has 0 aromatic heterocycles. The van der Waals surface area contributed by atoms with Gasteiger partial charge in [0.15, 0.2) is 11.5 Å². The zero-order chi connectivity index (χ0) is 19.7. The second kappa shape index (κ2) is 7.19. The van der Waals surface area contributed by atoms with E-state index < -0.39 is 11.4 Å². The highest BCUT2D eigenvalue weighted by Gasteiger charge is 2.53. The number of aliphatic carboxylic acids is 1. The van der Waals surface area contributed by atoms with Crippen LogP contribution in [0.1, 0.15) is 43.7 Å². The normalized spacial score (nSPS) is 19.8. The number of benzene rings is 2. The number of ether oxygens (including phenoxy) is 2. The molecule has 0 aliphatic carbocycles. The molecule has 146 valence electrons. The lowest BCUT2D eigenvalue weighted by Gasteiger charge is -2.28. The summed E-state index contributed by atoms with van der Waals surface area (Å²) in [5.41, 5.74) is 0.880. The van der Waals surface area contributed by atoms with Gasteiger partial charge in [-0.2, -0.15) is 0 Å². The predicted octanol–water partition coefficient (Wildman–Crippen LogP) is 3.71. The van der Waals surface area contributed by atoms with Crippen molar-refractivity contribution in [2.75, 3.05) is 18.2 Å². The van der Waals surface area contributed by atoms with Crippen molar-refractivity contribution in [3.8, 4) is 11.5 Å². The van der Waals surface area contributed by atoms with E-state index in [2.05, 4.69) is 6.92 Å². The first-order valence-corrected chi connectivity index (χ1v) is 9.61. The van der Waals surface area contributed by atoms with Crippen molar-refractivity contribution in [1.82, 2.24) is 0 Å². The lowest BCUT2D eigenvalue weighted by molar-refractivity contribution is -0.140. The van der Waals surface area contributed by atoms with Crippen LogP contribution in [-0.2, 0) is 15.0 Å². The third-order valence-electron chi connectivity index (χ3n) is 5.53.